The van der Waals surface area contributed by atoms with E-state index in [0.29, 0.717) is 0 Å². The van der Waals surface area contributed by atoms with Gasteiger partial charge in [-0.1, -0.05) is 30.3 Å². The second-order valence-corrected chi connectivity index (χ2v) is 3.87. The Hall–Kier alpha value is -2.50. The van der Waals surface area contributed by atoms with Gasteiger partial charge >= 0.3 is 0 Å². The van der Waals surface area contributed by atoms with Crippen LogP contribution in [0.25, 0.3) is 0 Å². The van der Waals surface area contributed by atoms with Gasteiger partial charge in [0.2, 0.25) is 11.6 Å². The summed E-state index contributed by atoms with van der Waals surface area (Å²) in [4.78, 5) is 23.5. The molecule has 0 amide bonds. The minimum absolute atomic E-state index is 0.0676. The second kappa shape index (κ2) is 5.24. The number of ketones is 2. The summed E-state index contributed by atoms with van der Waals surface area (Å²) in [5.41, 5.74) is -1.21. The van der Waals surface area contributed by atoms with Crippen molar-refractivity contribution in [2.75, 3.05) is 0 Å². The Bertz CT molecular complexity index is 696. The van der Waals surface area contributed by atoms with Gasteiger partial charge < -0.3 is 0 Å². The molecule has 0 aromatic heterocycles. The van der Waals surface area contributed by atoms with Crippen LogP contribution in [0.15, 0.2) is 36.4 Å². The zero-order valence-electron chi connectivity index (χ0n) is 9.79. The highest BCUT2D eigenvalue weighted by atomic mass is 19.2. The van der Waals surface area contributed by atoms with E-state index < -0.39 is 40.4 Å². The summed E-state index contributed by atoms with van der Waals surface area (Å²) in [5.74, 6) is -10.4. The normalized spacial score (nSPS) is 10.4. The first-order valence-corrected chi connectivity index (χ1v) is 5.40. The lowest BCUT2D eigenvalue weighted by Gasteiger charge is -2.04. The highest BCUT2D eigenvalue weighted by Gasteiger charge is 2.27. The van der Waals surface area contributed by atoms with Crippen LogP contribution in [0.5, 0.6) is 0 Å². The van der Waals surface area contributed by atoms with Crippen LogP contribution in [-0.2, 0) is 0 Å². The quantitative estimate of drug-likeness (QED) is 0.284. The lowest BCUT2D eigenvalue weighted by molar-refractivity contribution is 0.0813. The van der Waals surface area contributed by atoms with Gasteiger partial charge in [-0.3, -0.25) is 9.59 Å². The summed E-state index contributed by atoms with van der Waals surface area (Å²) in [6.45, 7) is 0. The van der Waals surface area contributed by atoms with E-state index in [0.717, 1.165) is 0 Å². The summed E-state index contributed by atoms with van der Waals surface area (Å²) in [6, 6.07) is 7.24. The Morgan fingerprint density at radius 2 is 1.35 bits per heavy atom. The molecule has 2 nitrogen and oxygen atoms in total. The molecule has 0 N–H and O–H groups in total. The SMILES string of the molecule is O=C(C(=O)c1cc(F)c(F)c(F)c1F)c1ccccc1. The molecule has 0 atom stereocenters. The lowest BCUT2D eigenvalue weighted by atomic mass is 10.0. The molecule has 6 heteroatoms. The summed E-state index contributed by atoms with van der Waals surface area (Å²) >= 11 is 0. The average molecular weight is 282 g/mol. The van der Waals surface area contributed by atoms with E-state index in [9.17, 15) is 27.2 Å². The number of hydrogen-bond acceptors (Lipinski definition) is 2. The smallest absolute Gasteiger partial charge is 0.236 e. The molecule has 102 valence electrons. The van der Waals surface area contributed by atoms with Gasteiger partial charge in [-0.05, 0) is 6.07 Å². The van der Waals surface area contributed by atoms with Crippen molar-refractivity contribution in [3.63, 3.8) is 0 Å². The number of hydrogen-bond donors (Lipinski definition) is 0. The maximum atomic E-state index is 13.4. The Morgan fingerprint density at radius 1 is 0.750 bits per heavy atom. The number of Topliss-reactive ketones (excluding diaryl/α,β-unsaturated/α-hetero) is 2. The fourth-order valence-electron chi connectivity index (χ4n) is 1.58. The van der Waals surface area contributed by atoms with Crippen LogP contribution in [0.1, 0.15) is 20.7 Å². The average Bonchev–Trinajstić information content (AvgIpc) is 2.48. The van der Waals surface area contributed by atoms with Crippen molar-refractivity contribution in [3.05, 3.63) is 70.8 Å². The largest absolute Gasteiger partial charge is 0.285 e. The molecular weight excluding hydrogens is 276 g/mol. The maximum absolute atomic E-state index is 13.4. The van der Waals surface area contributed by atoms with Gasteiger partial charge in [0, 0.05) is 5.56 Å². The molecule has 0 aliphatic heterocycles. The van der Waals surface area contributed by atoms with Crippen molar-refractivity contribution < 1.29 is 27.2 Å². The van der Waals surface area contributed by atoms with E-state index in [2.05, 4.69) is 0 Å². The van der Waals surface area contributed by atoms with E-state index in [-0.39, 0.29) is 11.6 Å². The predicted molar refractivity (Wildman–Crippen MR) is 61.4 cm³/mol. The minimum atomic E-state index is -2.13. The molecule has 0 saturated heterocycles. The monoisotopic (exact) mass is 282 g/mol. The Labute approximate surface area is 110 Å². The Morgan fingerprint density at radius 3 is 1.95 bits per heavy atom. The highest BCUT2D eigenvalue weighted by Crippen LogP contribution is 2.20. The predicted octanol–water partition coefficient (Wildman–Crippen LogP) is 3.31. The van der Waals surface area contributed by atoms with Crippen LogP contribution in [0.4, 0.5) is 17.6 Å². The third kappa shape index (κ3) is 2.32. The number of carbonyl (C=O) groups is 2. The van der Waals surface area contributed by atoms with Crippen molar-refractivity contribution in [3.8, 4) is 0 Å². The lowest BCUT2D eigenvalue weighted by Crippen LogP contribution is -2.18. The van der Waals surface area contributed by atoms with Crippen molar-refractivity contribution in [1.82, 2.24) is 0 Å². The molecular formula is C14H6F4O2. The van der Waals surface area contributed by atoms with Crippen LogP contribution in [0.2, 0.25) is 0 Å². The number of benzene rings is 2. The van der Waals surface area contributed by atoms with E-state index in [1.54, 1.807) is 6.07 Å². The van der Waals surface area contributed by atoms with Crippen molar-refractivity contribution in [1.29, 1.82) is 0 Å². The van der Waals surface area contributed by atoms with Gasteiger partial charge in [0.1, 0.15) is 0 Å². The molecule has 0 saturated carbocycles. The molecule has 2 rings (SSSR count). The highest BCUT2D eigenvalue weighted by molar-refractivity contribution is 6.49. The fraction of sp³-hybridized carbons (Fsp3) is 0. The Balaban J connectivity index is 2.48. The molecule has 20 heavy (non-hydrogen) atoms. The fourth-order valence-corrected chi connectivity index (χ4v) is 1.58. The number of halogens is 4. The third-order valence-corrected chi connectivity index (χ3v) is 2.59. The molecule has 0 fully saturated rings. The first-order valence-electron chi connectivity index (χ1n) is 5.40. The second-order valence-electron chi connectivity index (χ2n) is 3.87. The zero-order valence-corrected chi connectivity index (χ0v) is 9.79. The van der Waals surface area contributed by atoms with Gasteiger partial charge in [-0.2, -0.15) is 0 Å². The van der Waals surface area contributed by atoms with E-state index in [4.69, 9.17) is 0 Å². The molecule has 0 aliphatic carbocycles. The number of carbonyl (C=O) groups excluding carboxylic acids is 2. The van der Waals surface area contributed by atoms with Crippen LogP contribution in [0.3, 0.4) is 0 Å². The van der Waals surface area contributed by atoms with Gasteiger partial charge in [-0.25, -0.2) is 17.6 Å². The first-order chi connectivity index (χ1) is 9.43. The van der Waals surface area contributed by atoms with E-state index >= 15 is 0 Å². The molecule has 0 radical (unpaired) electrons. The van der Waals surface area contributed by atoms with Gasteiger partial charge in [0.15, 0.2) is 23.3 Å². The van der Waals surface area contributed by atoms with Crippen LogP contribution in [0, 0.1) is 23.3 Å². The first kappa shape index (κ1) is 13.9. The van der Waals surface area contributed by atoms with E-state index in [1.807, 2.05) is 0 Å². The van der Waals surface area contributed by atoms with Crippen molar-refractivity contribution in [2.24, 2.45) is 0 Å². The summed E-state index contributed by atoms with van der Waals surface area (Å²) < 4.78 is 52.2. The van der Waals surface area contributed by atoms with Gasteiger partial charge in [0.05, 0.1) is 5.56 Å². The molecule has 0 spiro atoms. The number of rotatable bonds is 3. The topological polar surface area (TPSA) is 34.1 Å². The standard InChI is InChI=1S/C14H6F4O2/c15-9-6-8(10(16)12(18)11(9)17)14(20)13(19)7-4-2-1-3-5-7/h1-6H. The summed E-state index contributed by atoms with van der Waals surface area (Å²) in [7, 11) is 0. The van der Waals surface area contributed by atoms with Crippen LogP contribution in [-0.4, -0.2) is 11.6 Å². The molecule has 0 aliphatic rings. The molecule has 0 unspecified atom stereocenters. The maximum Gasteiger partial charge on any atom is 0.236 e. The van der Waals surface area contributed by atoms with Gasteiger partial charge in [-0.15, -0.1) is 0 Å². The molecule has 2 aromatic carbocycles. The summed E-state index contributed by atoms with van der Waals surface area (Å²) in [6.07, 6.45) is 0. The van der Waals surface area contributed by atoms with Crippen LogP contribution < -0.4 is 0 Å². The van der Waals surface area contributed by atoms with E-state index in [1.165, 1.54) is 24.3 Å². The Kier molecular flexibility index (Phi) is 3.65. The third-order valence-electron chi connectivity index (χ3n) is 2.59. The van der Waals surface area contributed by atoms with Gasteiger partial charge in [0.25, 0.3) is 0 Å². The molecule has 0 bridgehead atoms. The molecule has 0 heterocycles. The van der Waals surface area contributed by atoms with Crippen molar-refractivity contribution >= 4 is 11.6 Å². The minimum Gasteiger partial charge on any atom is -0.285 e. The zero-order chi connectivity index (χ0) is 14.9. The van der Waals surface area contributed by atoms with Crippen molar-refractivity contribution in [2.45, 2.75) is 0 Å². The molecule has 2 aromatic rings. The summed E-state index contributed by atoms with van der Waals surface area (Å²) in [5, 5.41) is 0. The van der Waals surface area contributed by atoms with Crippen LogP contribution >= 0.6 is 0 Å².